The first-order chi connectivity index (χ1) is 12.7. The van der Waals surface area contributed by atoms with E-state index < -0.39 is 23.2 Å². The molecule has 2 amide bonds. The lowest BCUT2D eigenvalue weighted by Gasteiger charge is -2.27. The van der Waals surface area contributed by atoms with Crippen molar-refractivity contribution in [2.45, 2.75) is 39.0 Å². The van der Waals surface area contributed by atoms with Gasteiger partial charge in [-0.05, 0) is 47.2 Å². The van der Waals surface area contributed by atoms with Crippen LogP contribution < -0.4 is 4.90 Å². The van der Waals surface area contributed by atoms with E-state index in [1.165, 1.54) is 12.1 Å². The van der Waals surface area contributed by atoms with Crippen molar-refractivity contribution < 1.29 is 19.1 Å². The van der Waals surface area contributed by atoms with Gasteiger partial charge in [0.05, 0.1) is 5.69 Å². The van der Waals surface area contributed by atoms with Crippen LogP contribution in [0, 0.1) is 17.7 Å². The predicted molar refractivity (Wildman–Crippen MR) is 101 cm³/mol. The van der Waals surface area contributed by atoms with Crippen LogP contribution in [-0.4, -0.2) is 22.1 Å². The van der Waals surface area contributed by atoms with E-state index in [4.69, 9.17) is 0 Å². The van der Waals surface area contributed by atoms with Gasteiger partial charge in [0.25, 0.3) is 0 Å². The fourth-order valence-electron chi connectivity index (χ4n) is 2.52. The van der Waals surface area contributed by atoms with E-state index in [1.54, 1.807) is 24.4 Å². The summed E-state index contributed by atoms with van der Waals surface area (Å²) in [7, 11) is 0. The zero-order valence-electron chi connectivity index (χ0n) is 15.5. The summed E-state index contributed by atoms with van der Waals surface area (Å²) in [5.74, 6) is 4.54. The second-order valence-corrected chi connectivity index (χ2v) is 6.94. The number of rotatable bonds is 3. The molecular weight excluding hydrogens is 347 g/mol. The van der Waals surface area contributed by atoms with Gasteiger partial charge in [-0.25, -0.2) is 19.1 Å². The third-order valence-electron chi connectivity index (χ3n) is 3.79. The highest BCUT2D eigenvalue weighted by Crippen LogP contribution is 2.33. The van der Waals surface area contributed by atoms with Gasteiger partial charge in [-0.15, -0.1) is 0 Å². The Morgan fingerprint density at radius 1 is 1.22 bits per heavy atom. The van der Waals surface area contributed by atoms with E-state index in [2.05, 4.69) is 16.8 Å². The summed E-state index contributed by atoms with van der Waals surface area (Å²) < 4.78 is 13.7. The highest BCUT2D eigenvalue weighted by Gasteiger charge is 2.29. The summed E-state index contributed by atoms with van der Waals surface area (Å²) in [4.78, 5) is 29.0. The molecule has 0 aliphatic carbocycles. The molecule has 2 aromatic rings. The number of halogens is 1. The summed E-state index contributed by atoms with van der Waals surface area (Å²) >= 11 is 0. The number of hydrogen-bond donors (Lipinski definition) is 1. The minimum absolute atomic E-state index is 0.0763. The van der Waals surface area contributed by atoms with Gasteiger partial charge < -0.3 is 5.11 Å². The molecule has 1 aromatic heterocycles. The molecule has 0 unspecified atom stereocenters. The standard InChI is InChI=1S/C21H21FN2O3/c1-21(2,3)17-14-15(22)11-12-18(17)24(20(26)27)19(25)10-5-4-8-16-9-6-7-13-23-16/h6-7,9,11-14H,5,10H2,1-3H3,(H,26,27). The molecule has 0 aliphatic heterocycles. The van der Waals surface area contributed by atoms with E-state index in [-0.39, 0.29) is 18.5 Å². The molecule has 5 nitrogen and oxygen atoms in total. The maximum absolute atomic E-state index is 13.7. The molecule has 0 atom stereocenters. The Bertz CT molecular complexity index is 893. The highest BCUT2D eigenvalue weighted by atomic mass is 19.1. The number of imide groups is 1. The molecule has 1 N–H and O–H groups in total. The number of anilines is 1. The molecule has 0 spiro atoms. The number of aromatic nitrogens is 1. The molecule has 0 saturated heterocycles. The maximum Gasteiger partial charge on any atom is 0.418 e. The molecule has 0 radical (unpaired) electrons. The van der Waals surface area contributed by atoms with Gasteiger partial charge in [0.1, 0.15) is 11.5 Å². The van der Waals surface area contributed by atoms with E-state index in [1.807, 2.05) is 20.8 Å². The third-order valence-corrected chi connectivity index (χ3v) is 3.79. The summed E-state index contributed by atoms with van der Waals surface area (Å²) in [6.07, 6.45) is 0.317. The minimum Gasteiger partial charge on any atom is -0.464 e. The Morgan fingerprint density at radius 2 is 1.96 bits per heavy atom. The summed E-state index contributed by atoms with van der Waals surface area (Å²) in [6.45, 7) is 5.48. The SMILES string of the molecule is CC(C)(C)c1cc(F)ccc1N(C(=O)O)C(=O)CCC#Cc1ccccn1. The monoisotopic (exact) mass is 368 g/mol. The van der Waals surface area contributed by atoms with Crippen LogP contribution in [0.1, 0.15) is 44.9 Å². The molecule has 0 fully saturated rings. The smallest absolute Gasteiger partial charge is 0.418 e. The number of carboxylic acid groups (broad SMARTS) is 1. The molecular formula is C21H21FN2O3. The third kappa shape index (κ3) is 5.38. The molecule has 27 heavy (non-hydrogen) atoms. The zero-order chi connectivity index (χ0) is 20.0. The van der Waals surface area contributed by atoms with Crippen molar-refractivity contribution in [3.8, 4) is 11.8 Å². The van der Waals surface area contributed by atoms with Crippen LogP contribution in [0.5, 0.6) is 0 Å². The van der Waals surface area contributed by atoms with Crippen molar-refractivity contribution in [2.24, 2.45) is 0 Å². The minimum atomic E-state index is -1.41. The van der Waals surface area contributed by atoms with Crippen LogP contribution in [-0.2, 0) is 10.2 Å². The van der Waals surface area contributed by atoms with Crippen molar-refractivity contribution >= 4 is 17.7 Å². The normalized spacial score (nSPS) is 10.7. The van der Waals surface area contributed by atoms with Gasteiger partial charge in [0.15, 0.2) is 0 Å². The average molecular weight is 368 g/mol. The van der Waals surface area contributed by atoms with Gasteiger partial charge in [0, 0.05) is 19.0 Å². The topological polar surface area (TPSA) is 70.5 Å². The molecule has 1 heterocycles. The van der Waals surface area contributed by atoms with Crippen LogP contribution in [0.15, 0.2) is 42.6 Å². The van der Waals surface area contributed by atoms with E-state index in [0.29, 0.717) is 16.2 Å². The van der Waals surface area contributed by atoms with Gasteiger partial charge in [-0.1, -0.05) is 32.8 Å². The Kier molecular flexibility index (Phi) is 6.30. The van der Waals surface area contributed by atoms with Crippen LogP contribution in [0.2, 0.25) is 0 Å². The molecule has 140 valence electrons. The number of amides is 2. The fraction of sp³-hybridized carbons (Fsp3) is 0.286. The van der Waals surface area contributed by atoms with Gasteiger partial charge >= 0.3 is 6.09 Å². The van der Waals surface area contributed by atoms with Crippen LogP contribution in [0.3, 0.4) is 0 Å². The Hall–Kier alpha value is -3.20. The number of carbonyl (C=O) groups excluding carboxylic acids is 1. The molecule has 0 aliphatic rings. The summed E-state index contributed by atoms with van der Waals surface area (Å²) in [5.41, 5.74) is 0.648. The first kappa shape index (κ1) is 20.1. The number of carbonyl (C=O) groups is 2. The zero-order valence-corrected chi connectivity index (χ0v) is 15.5. The van der Waals surface area contributed by atoms with Gasteiger partial charge in [0.2, 0.25) is 5.91 Å². The lowest BCUT2D eigenvalue weighted by molar-refractivity contribution is -0.118. The van der Waals surface area contributed by atoms with Crippen LogP contribution in [0.4, 0.5) is 14.9 Å². The second kappa shape index (κ2) is 8.45. The predicted octanol–water partition coefficient (Wildman–Crippen LogP) is 4.36. The number of hydrogen-bond acceptors (Lipinski definition) is 3. The number of benzene rings is 1. The van der Waals surface area contributed by atoms with E-state index in [9.17, 15) is 19.1 Å². The largest absolute Gasteiger partial charge is 0.464 e. The maximum atomic E-state index is 13.7. The van der Waals surface area contributed by atoms with E-state index >= 15 is 0 Å². The Morgan fingerprint density at radius 3 is 2.56 bits per heavy atom. The van der Waals surface area contributed by atoms with Crippen molar-refractivity contribution in [1.82, 2.24) is 4.98 Å². The first-order valence-corrected chi connectivity index (χ1v) is 8.46. The molecule has 0 saturated carbocycles. The van der Waals surface area contributed by atoms with Gasteiger partial charge in [-0.2, -0.15) is 0 Å². The lowest BCUT2D eigenvalue weighted by Crippen LogP contribution is -2.37. The quantitative estimate of drug-likeness (QED) is 0.817. The van der Waals surface area contributed by atoms with Crippen molar-refractivity contribution in [2.75, 3.05) is 4.90 Å². The van der Waals surface area contributed by atoms with Gasteiger partial charge in [-0.3, -0.25) is 4.79 Å². The molecule has 6 heteroatoms. The van der Waals surface area contributed by atoms with Crippen molar-refractivity contribution in [1.29, 1.82) is 0 Å². The Balaban J connectivity index is 2.22. The van der Waals surface area contributed by atoms with E-state index in [0.717, 1.165) is 6.07 Å². The Labute approximate surface area is 157 Å². The number of pyridine rings is 1. The second-order valence-electron chi connectivity index (χ2n) is 6.94. The highest BCUT2D eigenvalue weighted by molar-refractivity contribution is 6.12. The molecule has 0 bridgehead atoms. The first-order valence-electron chi connectivity index (χ1n) is 8.46. The van der Waals surface area contributed by atoms with Crippen LogP contribution in [0.25, 0.3) is 0 Å². The summed E-state index contributed by atoms with van der Waals surface area (Å²) in [5, 5.41) is 9.56. The van der Waals surface area contributed by atoms with Crippen molar-refractivity contribution in [3.05, 3.63) is 59.7 Å². The summed E-state index contributed by atoms with van der Waals surface area (Å²) in [6, 6.07) is 9.05. The number of nitrogens with zero attached hydrogens (tertiary/aromatic N) is 2. The lowest BCUT2D eigenvalue weighted by atomic mass is 9.85. The average Bonchev–Trinajstić information content (AvgIpc) is 2.60. The molecule has 1 aromatic carbocycles. The van der Waals surface area contributed by atoms with Crippen molar-refractivity contribution in [3.63, 3.8) is 0 Å². The molecule has 2 rings (SSSR count). The van der Waals surface area contributed by atoms with Crippen LogP contribution >= 0.6 is 0 Å². The fourth-order valence-corrected chi connectivity index (χ4v) is 2.52.